The summed E-state index contributed by atoms with van der Waals surface area (Å²) in [5, 5.41) is 4.29. The quantitative estimate of drug-likeness (QED) is 0.806. The van der Waals surface area contributed by atoms with Crippen molar-refractivity contribution < 1.29 is 9.53 Å². The summed E-state index contributed by atoms with van der Waals surface area (Å²) in [5.74, 6) is 0.743. The van der Waals surface area contributed by atoms with Crippen LogP contribution in [-0.4, -0.2) is 11.8 Å². The maximum absolute atomic E-state index is 12.7. The molecule has 2 amide bonds. The number of amides is 2. The second-order valence-electron chi connectivity index (χ2n) is 5.98. The lowest BCUT2D eigenvalue weighted by atomic mass is 9.90. The number of urea groups is 1. The molecule has 0 unspecified atom stereocenters. The van der Waals surface area contributed by atoms with Crippen molar-refractivity contribution in [2.24, 2.45) is 0 Å². The van der Waals surface area contributed by atoms with E-state index in [0.29, 0.717) is 16.5 Å². The molecule has 4 nitrogen and oxygen atoms in total. The molecule has 2 bridgehead atoms. The Labute approximate surface area is 143 Å². The summed E-state index contributed by atoms with van der Waals surface area (Å²) in [7, 11) is 0. The Morgan fingerprint density at radius 2 is 1.87 bits per heavy atom. The summed E-state index contributed by atoms with van der Waals surface area (Å²) in [6.45, 7) is 1.92. The van der Waals surface area contributed by atoms with Crippen molar-refractivity contribution >= 4 is 34.9 Å². The van der Waals surface area contributed by atoms with Gasteiger partial charge >= 0.3 is 6.03 Å². The van der Waals surface area contributed by atoms with E-state index in [2.05, 4.69) is 5.32 Å². The van der Waals surface area contributed by atoms with Gasteiger partial charge in [0, 0.05) is 27.7 Å². The standard InChI is InChI=1S/C17H14Cl2N2O2/c1-17-9-14(13-8-11(19)4-7-15(13)23-17)20-16(22)21(17)12-5-2-10(18)3-6-12/h2-8,14H,9H2,1H3,(H,20,22)/t14-,17-/m1/s1. The van der Waals surface area contributed by atoms with Crippen LogP contribution in [0.15, 0.2) is 42.5 Å². The molecule has 2 aromatic rings. The minimum atomic E-state index is -0.762. The molecular weight excluding hydrogens is 335 g/mol. The Hall–Kier alpha value is -1.91. The van der Waals surface area contributed by atoms with Crippen LogP contribution in [0.25, 0.3) is 0 Å². The van der Waals surface area contributed by atoms with Crippen LogP contribution < -0.4 is 15.0 Å². The number of anilines is 1. The normalized spacial score (nSPS) is 25.4. The number of rotatable bonds is 1. The SMILES string of the molecule is C[C@@]12C[C@@H](NC(=O)N1c1ccc(Cl)cc1)c1cc(Cl)ccc1O2. The van der Waals surface area contributed by atoms with Gasteiger partial charge in [0.05, 0.1) is 6.04 Å². The van der Waals surface area contributed by atoms with Gasteiger partial charge < -0.3 is 10.1 Å². The molecule has 0 saturated carbocycles. The molecule has 2 aromatic carbocycles. The summed E-state index contributed by atoms with van der Waals surface area (Å²) >= 11 is 12.0. The number of nitrogens with zero attached hydrogens (tertiary/aromatic N) is 1. The topological polar surface area (TPSA) is 41.6 Å². The molecule has 0 spiro atoms. The van der Waals surface area contributed by atoms with Gasteiger partial charge in [-0.25, -0.2) is 4.79 Å². The van der Waals surface area contributed by atoms with E-state index in [1.165, 1.54) is 0 Å². The number of halogens is 2. The molecule has 0 aromatic heterocycles. The molecule has 23 heavy (non-hydrogen) atoms. The monoisotopic (exact) mass is 348 g/mol. The first kappa shape index (κ1) is 14.7. The van der Waals surface area contributed by atoms with Gasteiger partial charge in [-0.1, -0.05) is 23.2 Å². The number of hydrogen-bond donors (Lipinski definition) is 1. The highest BCUT2D eigenvalue weighted by Gasteiger charge is 2.49. The number of ether oxygens (including phenoxy) is 1. The largest absolute Gasteiger partial charge is 0.467 e. The van der Waals surface area contributed by atoms with Gasteiger partial charge in [-0.2, -0.15) is 0 Å². The third-order valence-corrected chi connectivity index (χ3v) is 4.81. The minimum Gasteiger partial charge on any atom is -0.467 e. The van der Waals surface area contributed by atoms with E-state index >= 15 is 0 Å². The van der Waals surface area contributed by atoms with Crippen LogP contribution in [0.5, 0.6) is 5.75 Å². The molecular formula is C17H14Cl2N2O2. The molecule has 2 aliphatic heterocycles. The Bertz CT molecular complexity index is 794. The fourth-order valence-electron chi connectivity index (χ4n) is 3.33. The highest BCUT2D eigenvalue weighted by atomic mass is 35.5. The molecule has 6 heteroatoms. The summed E-state index contributed by atoms with van der Waals surface area (Å²) in [6.07, 6.45) is 0.634. The van der Waals surface area contributed by atoms with Crippen molar-refractivity contribution in [2.75, 3.05) is 4.90 Å². The fourth-order valence-corrected chi connectivity index (χ4v) is 3.63. The van der Waals surface area contributed by atoms with Crippen LogP contribution in [0.2, 0.25) is 10.0 Å². The smallest absolute Gasteiger partial charge is 0.325 e. The first-order chi connectivity index (χ1) is 11.0. The van der Waals surface area contributed by atoms with E-state index in [9.17, 15) is 4.79 Å². The highest BCUT2D eigenvalue weighted by Crippen LogP contribution is 2.46. The second kappa shape index (κ2) is 5.05. The molecule has 0 radical (unpaired) electrons. The molecule has 0 aliphatic carbocycles. The van der Waals surface area contributed by atoms with Gasteiger partial charge in [-0.05, 0) is 49.4 Å². The summed E-state index contributed by atoms with van der Waals surface area (Å²) in [5.41, 5.74) is 0.895. The average molecular weight is 349 g/mol. The number of nitrogens with one attached hydrogen (secondary N) is 1. The van der Waals surface area contributed by atoms with Crippen molar-refractivity contribution in [1.29, 1.82) is 0 Å². The third kappa shape index (κ3) is 2.33. The van der Waals surface area contributed by atoms with Crippen molar-refractivity contribution in [2.45, 2.75) is 25.1 Å². The second-order valence-corrected chi connectivity index (χ2v) is 6.85. The highest BCUT2D eigenvalue weighted by molar-refractivity contribution is 6.31. The lowest BCUT2D eigenvalue weighted by Gasteiger charge is -2.50. The Balaban J connectivity index is 1.79. The maximum Gasteiger partial charge on any atom is 0.325 e. The summed E-state index contributed by atoms with van der Waals surface area (Å²) < 4.78 is 6.19. The number of carbonyl (C=O) groups is 1. The average Bonchev–Trinajstić information content (AvgIpc) is 2.49. The van der Waals surface area contributed by atoms with Crippen molar-refractivity contribution in [1.82, 2.24) is 5.32 Å². The van der Waals surface area contributed by atoms with Gasteiger partial charge in [0.2, 0.25) is 0 Å². The Kier molecular flexibility index (Phi) is 3.22. The van der Waals surface area contributed by atoms with Crippen LogP contribution in [0.3, 0.4) is 0 Å². The van der Waals surface area contributed by atoms with Gasteiger partial charge in [0.15, 0.2) is 5.72 Å². The number of benzene rings is 2. The molecule has 1 fully saturated rings. The van der Waals surface area contributed by atoms with Crippen LogP contribution >= 0.6 is 23.2 Å². The predicted octanol–water partition coefficient (Wildman–Crippen LogP) is 4.76. The van der Waals surface area contributed by atoms with Gasteiger partial charge in [-0.3, -0.25) is 4.90 Å². The molecule has 2 aliphatic rings. The first-order valence-corrected chi connectivity index (χ1v) is 8.07. The van der Waals surface area contributed by atoms with Crippen LogP contribution in [0.1, 0.15) is 24.9 Å². The third-order valence-electron chi connectivity index (χ3n) is 4.32. The first-order valence-electron chi connectivity index (χ1n) is 7.31. The molecule has 1 saturated heterocycles. The number of hydrogen-bond acceptors (Lipinski definition) is 2. The van der Waals surface area contributed by atoms with E-state index in [4.69, 9.17) is 27.9 Å². The maximum atomic E-state index is 12.7. The van der Waals surface area contributed by atoms with Crippen LogP contribution in [0.4, 0.5) is 10.5 Å². The van der Waals surface area contributed by atoms with E-state index in [-0.39, 0.29) is 12.1 Å². The Morgan fingerprint density at radius 1 is 1.17 bits per heavy atom. The minimum absolute atomic E-state index is 0.112. The molecule has 2 atom stereocenters. The summed E-state index contributed by atoms with van der Waals surface area (Å²) in [4.78, 5) is 14.3. The van der Waals surface area contributed by atoms with E-state index in [1.54, 1.807) is 23.1 Å². The lowest BCUT2D eigenvalue weighted by molar-refractivity contribution is 0.0379. The number of fused-ring (bicyclic) bond motifs is 4. The number of carbonyl (C=O) groups excluding carboxylic acids is 1. The molecule has 1 N–H and O–H groups in total. The van der Waals surface area contributed by atoms with Gasteiger partial charge in [0.25, 0.3) is 0 Å². The zero-order valence-electron chi connectivity index (χ0n) is 12.3. The van der Waals surface area contributed by atoms with E-state index in [1.807, 2.05) is 31.2 Å². The molecule has 118 valence electrons. The lowest BCUT2D eigenvalue weighted by Crippen LogP contribution is -2.65. The van der Waals surface area contributed by atoms with E-state index in [0.717, 1.165) is 17.0 Å². The van der Waals surface area contributed by atoms with E-state index < -0.39 is 5.72 Å². The predicted molar refractivity (Wildman–Crippen MR) is 90.3 cm³/mol. The Morgan fingerprint density at radius 3 is 2.61 bits per heavy atom. The van der Waals surface area contributed by atoms with Gasteiger partial charge in [0.1, 0.15) is 5.75 Å². The van der Waals surface area contributed by atoms with Gasteiger partial charge in [-0.15, -0.1) is 0 Å². The van der Waals surface area contributed by atoms with Crippen molar-refractivity contribution in [3.8, 4) is 5.75 Å². The van der Waals surface area contributed by atoms with Crippen molar-refractivity contribution in [3.05, 3.63) is 58.1 Å². The fraction of sp³-hybridized carbons (Fsp3) is 0.235. The van der Waals surface area contributed by atoms with Crippen molar-refractivity contribution in [3.63, 3.8) is 0 Å². The molecule has 4 rings (SSSR count). The zero-order chi connectivity index (χ0) is 16.2. The molecule has 2 heterocycles. The van der Waals surface area contributed by atoms with Crippen LogP contribution in [-0.2, 0) is 0 Å². The van der Waals surface area contributed by atoms with Crippen LogP contribution in [0, 0.1) is 0 Å². The zero-order valence-corrected chi connectivity index (χ0v) is 13.9. The summed E-state index contributed by atoms with van der Waals surface area (Å²) in [6, 6.07) is 12.3.